The first-order chi connectivity index (χ1) is 11.2. The van der Waals surface area contributed by atoms with Crippen LogP contribution in [0, 0.1) is 0 Å². The zero-order valence-corrected chi connectivity index (χ0v) is 12.4. The highest BCUT2D eigenvalue weighted by molar-refractivity contribution is 6.19. The van der Waals surface area contributed by atoms with Crippen molar-refractivity contribution in [2.75, 3.05) is 0 Å². The molecule has 2 aromatic rings. The summed E-state index contributed by atoms with van der Waals surface area (Å²) < 4.78 is 0. The molecule has 0 fully saturated rings. The van der Waals surface area contributed by atoms with Gasteiger partial charge in [0.25, 0.3) is 0 Å². The van der Waals surface area contributed by atoms with Crippen LogP contribution >= 0.6 is 0 Å². The van der Waals surface area contributed by atoms with E-state index < -0.39 is 5.60 Å². The van der Waals surface area contributed by atoms with E-state index >= 15 is 0 Å². The van der Waals surface area contributed by atoms with E-state index in [1.807, 2.05) is 0 Å². The molecule has 2 nitrogen and oxygen atoms in total. The van der Waals surface area contributed by atoms with Crippen LogP contribution in [-0.2, 0) is 29.7 Å². The van der Waals surface area contributed by atoms with Crippen LogP contribution < -0.4 is 0 Å². The van der Waals surface area contributed by atoms with E-state index in [1.54, 1.807) is 6.08 Å². The lowest BCUT2D eigenvalue weighted by Gasteiger charge is -2.37. The van der Waals surface area contributed by atoms with Crippen LogP contribution in [0.4, 0.5) is 0 Å². The molecular weight excluding hydrogens is 284 g/mol. The molecule has 5 aliphatic rings. The maximum absolute atomic E-state index is 12.6. The Hall–Kier alpha value is -2.45. The third kappa shape index (κ3) is 0.905. The molecule has 0 saturated carbocycles. The predicted octanol–water partition coefficient (Wildman–Crippen LogP) is 2.83. The number of benzene rings is 2. The molecule has 7 rings (SSSR count). The second-order valence-corrected chi connectivity index (χ2v) is 7.40. The van der Waals surface area contributed by atoms with Crippen LogP contribution in [0.2, 0.25) is 0 Å². The van der Waals surface area contributed by atoms with Gasteiger partial charge in [0.2, 0.25) is 0 Å². The van der Waals surface area contributed by atoms with E-state index in [2.05, 4.69) is 24.3 Å². The van der Waals surface area contributed by atoms with Crippen LogP contribution in [0.25, 0.3) is 16.7 Å². The van der Waals surface area contributed by atoms with Gasteiger partial charge in [0, 0.05) is 23.1 Å². The molecule has 108 valence electrons. The van der Waals surface area contributed by atoms with Gasteiger partial charge in [-0.1, -0.05) is 24.3 Å². The molecule has 2 aromatic carbocycles. The number of ketones is 1. The zero-order valence-electron chi connectivity index (χ0n) is 12.4. The molecule has 0 aliphatic heterocycles. The molecule has 2 heteroatoms. The monoisotopic (exact) mass is 296 g/mol. The fraction of sp³-hybridized carbons (Fsp3) is 0.190. The molecule has 1 N–H and O–H groups in total. The van der Waals surface area contributed by atoms with Crippen molar-refractivity contribution in [3.05, 3.63) is 74.9 Å². The predicted molar refractivity (Wildman–Crippen MR) is 86.0 cm³/mol. The Morgan fingerprint density at radius 1 is 0.826 bits per heavy atom. The summed E-state index contributed by atoms with van der Waals surface area (Å²) in [6, 6.07) is 8.75. The van der Waals surface area contributed by atoms with E-state index in [1.165, 1.54) is 38.9 Å². The Balaban J connectivity index is 1.82. The Labute approximate surface area is 132 Å². The maximum Gasteiger partial charge on any atom is 0.182 e. The molecular formula is C21H12O2. The molecule has 23 heavy (non-hydrogen) atoms. The third-order valence-corrected chi connectivity index (χ3v) is 6.48. The highest BCUT2D eigenvalue weighted by atomic mass is 16.3. The quantitative estimate of drug-likeness (QED) is 0.692. The van der Waals surface area contributed by atoms with Gasteiger partial charge < -0.3 is 5.11 Å². The highest BCUT2D eigenvalue weighted by Crippen LogP contribution is 2.65. The molecule has 0 saturated heterocycles. The normalized spacial score (nSPS) is 26.3. The topological polar surface area (TPSA) is 37.3 Å². The first-order valence-corrected chi connectivity index (χ1v) is 8.20. The van der Waals surface area contributed by atoms with E-state index in [0.29, 0.717) is 12.8 Å². The molecule has 0 bridgehead atoms. The Kier molecular flexibility index (Phi) is 1.44. The van der Waals surface area contributed by atoms with Gasteiger partial charge in [-0.2, -0.15) is 0 Å². The minimum absolute atomic E-state index is 0.0964. The number of carbonyl (C=O) groups is 1. The van der Waals surface area contributed by atoms with E-state index in [-0.39, 0.29) is 5.78 Å². The summed E-state index contributed by atoms with van der Waals surface area (Å²) >= 11 is 0. The van der Waals surface area contributed by atoms with Gasteiger partial charge in [-0.15, -0.1) is 0 Å². The average Bonchev–Trinajstić information content (AvgIpc) is 3.16. The van der Waals surface area contributed by atoms with Crippen molar-refractivity contribution in [1.82, 2.24) is 0 Å². The van der Waals surface area contributed by atoms with Gasteiger partial charge in [-0.3, -0.25) is 4.79 Å². The Morgan fingerprint density at radius 3 is 2.35 bits per heavy atom. The first-order valence-electron chi connectivity index (χ1n) is 8.20. The minimum atomic E-state index is -1.05. The van der Waals surface area contributed by atoms with Crippen LogP contribution in [0.3, 0.4) is 0 Å². The van der Waals surface area contributed by atoms with Crippen molar-refractivity contribution in [3.63, 3.8) is 0 Å². The summed E-state index contributed by atoms with van der Waals surface area (Å²) in [5, 5.41) is 11.8. The number of carbonyl (C=O) groups excluding carboxylic acids is 1. The number of hydrogen-bond donors (Lipinski definition) is 1. The summed E-state index contributed by atoms with van der Waals surface area (Å²) in [4.78, 5) is 12.6. The molecule has 0 unspecified atom stereocenters. The van der Waals surface area contributed by atoms with Crippen molar-refractivity contribution in [3.8, 4) is 11.1 Å². The largest absolute Gasteiger partial charge is 0.376 e. The van der Waals surface area contributed by atoms with Gasteiger partial charge >= 0.3 is 0 Å². The smallest absolute Gasteiger partial charge is 0.182 e. The SMILES string of the molecule is O=C1C=C2Cc3ccc4c5c3[C@@]2(O)C2=C1Cc1ccc(c-5c12)C4. The Bertz CT molecular complexity index is 1110. The number of hydrogen-bond acceptors (Lipinski definition) is 2. The average molecular weight is 296 g/mol. The lowest BCUT2D eigenvalue weighted by molar-refractivity contribution is -0.111. The number of allylic oxidation sites excluding steroid dienone is 2. The molecule has 1 atom stereocenters. The molecule has 0 spiro atoms. The zero-order chi connectivity index (χ0) is 15.1. The van der Waals surface area contributed by atoms with Crippen molar-refractivity contribution in [2.24, 2.45) is 0 Å². The molecule has 5 aliphatic carbocycles. The maximum atomic E-state index is 12.6. The highest BCUT2D eigenvalue weighted by Gasteiger charge is 2.56. The number of aliphatic hydroxyl groups is 1. The van der Waals surface area contributed by atoms with E-state index in [9.17, 15) is 9.90 Å². The van der Waals surface area contributed by atoms with Crippen LogP contribution in [-0.4, -0.2) is 10.9 Å². The van der Waals surface area contributed by atoms with Crippen molar-refractivity contribution in [1.29, 1.82) is 0 Å². The number of rotatable bonds is 0. The fourth-order valence-corrected chi connectivity index (χ4v) is 5.66. The van der Waals surface area contributed by atoms with E-state index in [4.69, 9.17) is 0 Å². The molecule has 0 radical (unpaired) electrons. The third-order valence-electron chi connectivity index (χ3n) is 6.48. The van der Waals surface area contributed by atoms with Gasteiger partial charge in [-0.05, 0) is 63.4 Å². The summed E-state index contributed by atoms with van der Waals surface area (Å²) in [5.41, 5.74) is 11.4. The van der Waals surface area contributed by atoms with Gasteiger partial charge in [-0.25, -0.2) is 0 Å². The van der Waals surface area contributed by atoms with Gasteiger partial charge in [0.15, 0.2) is 5.78 Å². The Morgan fingerprint density at radius 2 is 1.52 bits per heavy atom. The molecule has 0 heterocycles. The lowest BCUT2D eigenvalue weighted by Crippen LogP contribution is -2.34. The molecule has 0 aromatic heterocycles. The fourth-order valence-electron chi connectivity index (χ4n) is 5.66. The van der Waals surface area contributed by atoms with Crippen molar-refractivity contribution >= 4 is 11.4 Å². The minimum Gasteiger partial charge on any atom is -0.376 e. The second kappa shape index (κ2) is 2.98. The van der Waals surface area contributed by atoms with Crippen LogP contribution in [0.1, 0.15) is 33.4 Å². The standard InChI is InChI=1S/C21H12O2/c22-15-8-13-6-12-4-3-10-5-9-1-2-11-7-14(15)20-18(11)16(9)17(10)19(12)21(13,20)23/h1-4,8,23H,5-7H2/t21-/m1/s1. The molecule has 0 amide bonds. The summed E-state index contributed by atoms with van der Waals surface area (Å²) in [6.45, 7) is 0. The second-order valence-electron chi connectivity index (χ2n) is 7.40. The van der Waals surface area contributed by atoms with Crippen molar-refractivity contribution < 1.29 is 9.90 Å². The van der Waals surface area contributed by atoms with E-state index in [0.717, 1.165) is 28.7 Å². The first kappa shape index (κ1) is 11.1. The van der Waals surface area contributed by atoms with Crippen molar-refractivity contribution in [2.45, 2.75) is 24.9 Å². The summed E-state index contributed by atoms with van der Waals surface area (Å²) in [5.74, 6) is 0.0964. The summed E-state index contributed by atoms with van der Waals surface area (Å²) in [6.07, 6.45) is 4.01. The van der Waals surface area contributed by atoms with Gasteiger partial charge in [0.05, 0.1) is 0 Å². The lowest BCUT2D eigenvalue weighted by atomic mass is 9.69. The van der Waals surface area contributed by atoms with Crippen LogP contribution in [0.5, 0.6) is 0 Å². The van der Waals surface area contributed by atoms with Crippen LogP contribution in [0.15, 0.2) is 41.5 Å². The van der Waals surface area contributed by atoms with Gasteiger partial charge in [0.1, 0.15) is 5.60 Å². The summed E-state index contributed by atoms with van der Waals surface area (Å²) in [7, 11) is 0.